The molecule has 1 atom stereocenters. The maximum absolute atomic E-state index is 10.8. The summed E-state index contributed by atoms with van der Waals surface area (Å²) in [6, 6.07) is 14.7. The molecular weight excluding hydrogens is 236 g/mol. The Morgan fingerprint density at radius 3 is 2.47 bits per heavy atom. The molecule has 88 valence electrons. The van der Waals surface area contributed by atoms with Crippen molar-refractivity contribution in [1.29, 1.82) is 0 Å². The fourth-order valence-electron chi connectivity index (χ4n) is 1.60. The van der Waals surface area contributed by atoms with Crippen LogP contribution in [0.4, 0.5) is 11.4 Å². The third-order valence-corrected chi connectivity index (χ3v) is 2.72. The van der Waals surface area contributed by atoms with E-state index in [2.05, 4.69) is 4.72 Å². The van der Waals surface area contributed by atoms with E-state index in [1.54, 1.807) is 18.2 Å². The lowest BCUT2D eigenvalue weighted by atomic mass is 10.0. The van der Waals surface area contributed by atoms with Gasteiger partial charge in [-0.3, -0.25) is 9.27 Å². The number of rotatable bonds is 3. The third kappa shape index (κ3) is 2.83. The molecule has 0 amide bonds. The van der Waals surface area contributed by atoms with Crippen molar-refractivity contribution in [2.45, 2.75) is 0 Å². The van der Waals surface area contributed by atoms with Crippen LogP contribution in [0.15, 0.2) is 48.5 Å². The first-order valence-corrected chi connectivity index (χ1v) is 6.10. The lowest BCUT2D eigenvalue weighted by molar-refractivity contribution is 0.570. The number of hydrogen-bond donors (Lipinski definition) is 3. The largest absolute Gasteiger partial charge is 0.399 e. The highest BCUT2D eigenvalue weighted by Crippen LogP contribution is 2.29. The first-order chi connectivity index (χ1) is 8.16. The van der Waals surface area contributed by atoms with Gasteiger partial charge in [0.25, 0.3) is 11.3 Å². The fraction of sp³-hybridized carbons (Fsp3) is 0. The van der Waals surface area contributed by atoms with E-state index in [1.165, 1.54) is 0 Å². The molecule has 0 fully saturated rings. The Bertz CT molecular complexity index is 543. The van der Waals surface area contributed by atoms with E-state index in [0.717, 1.165) is 11.1 Å². The Balaban J connectivity index is 2.51. The molecule has 0 radical (unpaired) electrons. The summed E-state index contributed by atoms with van der Waals surface area (Å²) in [6.07, 6.45) is 0. The van der Waals surface area contributed by atoms with Crippen LogP contribution in [0.25, 0.3) is 11.1 Å². The molecule has 0 saturated carbocycles. The van der Waals surface area contributed by atoms with E-state index in [-0.39, 0.29) is 0 Å². The van der Waals surface area contributed by atoms with Crippen molar-refractivity contribution in [3.05, 3.63) is 48.5 Å². The Morgan fingerprint density at radius 2 is 1.82 bits per heavy atom. The molecule has 2 rings (SSSR count). The average molecular weight is 248 g/mol. The van der Waals surface area contributed by atoms with Crippen molar-refractivity contribution in [3.8, 4) is 11.1 Å². The molecule has 4 N–H and O–H groups in total. The first-order valence-electron chi connectivity index (χ1n) is 4.99. The zero-order valence-electron chi connectivity index (χ0n) is 8.96. The van der Waals surface area contributed by atoms with Gasteiger partial charge in [-0.05, 0) is 23.8 Å². The topological polar surface area (TPSA) is 75.3 Å². The lowest BCUT2D eigenvalue weighted by Gasteiger charge is -2.10. The van der Waals surface area contributed by atoms with E-state index in [9.17, 15) is 4.21 Å². The van der Waals surface area contributed by atoms with Crippen LogP contribution in [-0.4, -0.2) is 8.76 Å². The second-order valence-electron chi connectivity index (χ2n) is 3.52. The highest BCUT2D eigenvalue weighted by atomic mass is 32.2. The van der Waals surface area contributed by atoms with Gasteiger partial charge in [-0.15, -0.1) is 0 Å². The van der Waals surface area contributed by atoms with Gasteiger partial charge in [-0.25, -0.2) is 4.21 Å². The second-order valence-corrected chi connectivity index (χ2v) is 4.22. The summed E-state index contributed by atoms with van der Waals surface area (Å²) in [7, 11) is 0. The maximum Gasteiger partial charge on any atom is 0.259 e. The Morgan fingerprint density at radius 1 is 1.12 bits per heavy atom. The summed E-state index contributed by atoms with van der Waals surface area (Å²) < 4.78 is 22.2. The van der Waals surface area contributed by atoms with Crippen LogP contribution in [-0.2, 0) is 11.3 Å². The standard InChI is InChI=1S/C12H12N2O2S/c13-10-6-7-12(14-17(15)16)11(8-10)9-4-2-1-3-5-9/h1-8,14H,13H2,(H,15,16). The molecule has 2 aromatic carbocycles. The number of nitrogens with two attached hydrogens (primary N) is 1. The van der Waals surface area contributed by atoms with Gasteiger partial charge < -0.3 is 5.73 Å². The van der Waals surface area contributed by atoms with Crippen LogP contribution in [0.2, 0.25) is 0 Å². The normalized spacial score (nSPS) is 12.1. The molecule has 4 nitrogen and oxygen atoms in total. The van der Waals surface area contributed by atoms with Crippen molar-refractivity contribution in [2.24, 2.45) is 0 Å². The molecule has 17 heavy (non-hydrogen) atoms. The Labute approximate surface area is 102 Å². The summed E-state index contributed by atoms with van der Waals surface area (Å²) in [5.41, 5.74) is 8.65. The van der Waals surface area contributed by atoms with E-state index >= 15 is 0 Å². The Kier molecular flexibility index (Phi) is 3.41. The molecule has 0 bridgehead atoms. The third-order valence-electron chi connectivity index (χ3n) is 2.33. The van der Waals surface area contributed by atoms with Crippen LogP contribution in [0.5, 0.6) is 0 Å². The molecule has 0 spiro atoms. The smallest absolute Gasteiger partial charge is 0.259 e. The summed E-state index contributed by atoms with van der Waals surface area (Å²) in [5, 5.41) is 0. The summed E-state index contributed by atoms with van der Waals surface area (Å²) in [5.74, 6) is 0. The van der Waals surface area contributed by atoms with Crippen molar-refractivity contribution >= 4 is 22.6 Å². The second kappa shape index (κ2) is 4.99. The predicted molar refractivity (Wildman–Crippen MR) is 70.7 cm³/mol. The Hall–Kier alpha value is -1.85. The van der Waals surface area contributed by atoms with Crippen molar-refractivity contribution < 1.29 is 8.76 Å². The first kappa shape index (κ1) is 11.6. The van der Waals surface area contributed by atoms with E-state index in [4.69, 9.17) is 10.3 Å². The minimum atomic E-state index is -2.10. The van der Waals surface area contributed by atoms with Gasteiger partial charge in [0.2, 0.25) is 0 Å². The van der Waals surface area contributed by atoms with Crippen LogP contribution < -0.4 is 10.5 Å². The van der Waals surface area contributed by atoms with Crippen LogP contribution in [0.3, 0.4) is 0 Å². The summed E-state index contributed by atoms with van der Waals surface area (Å²) in [4.78, 5) is 0. The van der Waals surface area contributed by atoms with E-state index in [0.29, 0.717) is 11.4 Å². The van der Waals surface area contributed by atoms with Crippen LogP contribution >= 0.6 is 0 Å². The molecule has 0 aliphatic heterocycles. The monoisotopic (exact) mass is 248 g/mol. The van der Waals surface area contributed by atoms with Crippen molar-refractivity contribution in [2.75, 3.05) is 10.5 Å². The quantitative estimate of drug-likeness (QED) is 0.577. The van der Waals surface area contributed by atoms with Crippen molar-refractivity contribution in [1.82, 2.24) is 0 Å². The molecule has 0 aliphatic rings. The average Bonchev–Trinajstić information content (AvgIpc) is 2.32. The summed E-state index contributed by atoms with van der Waals surface area (Å²) >= 11 is -2.10. The van der Waals surface area contributed by atoms with Crippen LogP contribution in [0, 0.1) is 0 Å². The molecule has 0 aromatic heterocycles. The molecule has 1 unspecified atom stereocenters. The number of hydrogen-bond acceptors (Lipinski definition) is 2. The predicted octanol–water partition coefficient (Wildman–Crippen LogP) is 2.48. The minimum absolute atomic E-state index is 0.575. The molecule has 2 aromatic rings. The minimum Gasteiger partial charge on any atom is -0.399 e. The van der Waals surface area contributed by atoms with Gasteiger partial charge in [-0.1, -0.05) is 30.3 Å². The number of benzene rings is 2. The molecule has 5 heteroatoms. The van der Waals surface area contributed by atoms with E-state index < -0.39 is 11.3 Å². The van der Waals surface area contributed by atoms with Gasteiger partial charge in [0.1, 0.15) is 0 Å². The van der Waals surface area contributed by atoms with Gasteiger partial charge in [0.15, 0.2) is 0 Å². The SMILES string of the molecule is Nc1ccc(NS(=O)O)c(-c2ccccc2)c1. The molecule has 0 saturated heterocycles. The fourth-order valence-corrected chi connectivity index (χ4v) is 1.97. The zero-order valence-corrected chi connectivity index (χ0v) is 9.78. The highest BCUT2D eigenvalue weighted by molar-refractivity contribution is 7.80. The van der Waals surface area contributed by atoms with Crippen molar-refractivity contribution in [3.63, 3.8) is 0 Å². The number of nitrogens with one attached hydrogen (secondary N) is 1. The molecular formula is C12H12N2O2S. The van der Waals surface area contributed by atoms with E-state index in [1.807, 2.05) is 30.3 Å². The molecule has 0 heterocycles. The zero-order chi connectivity index (χ0) is 12.3. The maximum atomic E-state index is 10.8. The number of anilines is 2. The summed E-state index contributed by atoms with van der Waals surface area (Å²) in [6.45, 7) is 0. The highest BCUT2D eigenvalue weighted by Gasteiger charge is 2.06. The lowest BCUT2D eigenvalue weighted by Crippen LogP contribution is -2.03. The van der Waals surface area contributed by atoms with Gasteiger partial charge >= 0.3 is 0 Å². The van der Waals surface area contributed by atoms with Gasteiger partial charge in [0, 0.05) is 11.3 Å². The van der Waals surface area contributed by atoms with Gasteiger partial charge in [0.05, 0.1) is 5.69 Å². The van der Waals surface area contributed by atoms with Crippen LogP contribution in [0.1, 0.15) is 0 Å². The van der Waals surface area contributed by atoms with Gasteiger partial charge in [-0.2, -0.15) is 0 Å². The molecule has 0 aliphatic carbocycles. The number of nitrogen functional groups attached to an aromatic ring is 1.